The van der Waals surface area contributed by atoms with Gasteiger partial charge in [-0.1, -0.05) is 13.2 Å². The third-order valence-corrected chi connectivity index (χ3v) is 8.11. The predicted octanol–water partition coefficient (Wildman–Crippen LogP) is 3.26. The quantitative estimate of drug-likeness (QED) is 0.0367. The first-order chi connectivity index (χ1) is 29.8. The lowest BCUT2D eigenvalue weighted by Crippen LogP contribution is -2.36. The largest absolute Gasteiger partial charge is 0.507 e. The standard InChI is InChI=1S/C42H48N6O14/c1-5-37(51)57-17-19-59-39(53)31(27-43)23-29-9-11-33(25-35(29)49)47(7-3)15-13-45-41(55)61-21-22-62-42(56)46-14-16-48(8-4)34-12-10-30(36(50)26-34)24-32(28-44)40(54)60-20-18-58-38(52)6-2/h5-6,9-12,23-26,49-50H,1-2,7-8,13-22H2,3-4H3,(H,45,55)(H,46,56)/b31-23+,32-24+. The number of esters is 4. The number of phenols is 2. The van der Waals surface area contributed by atoms with E-state index < -0.39 is 36.1 Å². The smallest absolute Gasteiger partial charge is 0.407 e. The summed E-state index contributed by atoms with van der Waals surface area (Å²) in [6.07, 6.45) is 2.72. The molecule has 0 heterocycles. The SMILES string of the molecule is C=CC(=O)OCCOC(=O)/C(C#N)=C/c1ccc(N(CC)CCNC(=O)OCCOC(=O)NCCN(CC)c2ccc(/C=C(\C#N)C(=O)OCCOC(=O)C=C)c(O)c2)cc1O. The number of rotatable bonds is 25. The summed E-state index contributed by atoms with van der Waals surface area (Å²) in [4.78, 5) is 74.8. The molecule has 2 rings (SSSR count). The Morgan fingerprint density at radius 2 is 0.968 bits per heavy atom. The van der Waals surface area contributed by atoms with E-state index in [0.717, 1.165) is 24.3 Å². The average molecular weight is 861 g/mol. The number of hydrogen-bond donors (Lipinski definition) is 4. The Hall–Kier alpha value is -8.00. The molecule has 20 nitrogen and oxygen atoms in total. The highest BCUT2D eigenvalue weighted by molar-refractivity contribution is 5.99. The van der Waals surface area contributed by atoms with Crippen LogP contribution in [0.15, 0.2) is 72.9 Å². The number of amides is 2. The second-order valence-corrected chi connectivity index (χ2v) is 12.1. The van der Waals surface area contributed by atoms with Gasteiger partial charge in [-0.3, -0.25) is 0 Å². The summed E-state index contributed by atoms with van der Waals surface area (Å²) in [5.74, 6) is -3.76. The van der Waals surface area contributed by atoms with Gasteiger partial charge in [-0.25, -0.2) is 28.8 Å². The first-order valence-corrected chi connectivity index (χ1v) is 18.9. The van der Waals surface area contributed by atoms with E-state index in [1.54, 1.807) is 24.3 Å². The molecule has 330 valence electrons. The number of carbonyl (C=O) groups is 6. The third kappa shape index (κ3) is 17.9. The topological polar surface area (TPSA) is 276 Å². The molecule has 0 saturated carbocycles. The van der Waals surface area contributed by atoms with Crippen LogP contribution in [0.25, 0.3) is 12.2 Å². The highest BCUT2D eigenvalue weighted by Crippen LogP contribution is 2.28. The molecule has 0 radical (unpaired) electrons. The van der Waals surface area contributed by atoms with E-state index in [-0.39, 0.29) is 86.5 Å². The van der Waals surface area contributed by atoms with Gasteiger partial charge < -0.3 is 59.1 Å². The third-order valence-electron chi connectivity index (χ3n) is 8.11. The zero-order valence-corrected chi connectivity index (χ0v) is 34.3. The lowest BCUT2D eigenvalue weighted by molar-refractivity contribution is -0.146. The number of carbonyl (C=O) groups excluding carboxylic acids is 6. The van der Waals surface area contributed by atoms with Crippen molar-refractivity contribution >= 4 is 59.6 Å². The number of hydrogen-bond acceptors (Lipinski definition) is 18. The molecule has 0 fully saturated rings. The molecule has 0 bridgehead atoms. The molecule has 0 aliphatic carbocycles. The fourth-order valence-electron chi connectivity index (χ4n) is 5.01. The number of benzene rings is 2. The number of nitrogens with zero attached hydrogens (tertiary/aromatic N) is 4. The van der Waals surface area contributed by atoms with Gasteiger partial charge in [-0.2, -0.15) is 10.5 Å². The summed E-state index contributed by atoms with van der Waals surface area (Å²) in [5, 5.41) is 45.2. The maximum Gasteiger partial charge on any atom is 0.407 e. The van der Waals surface area contributed by atoms with Crippen LogP contribution < -0.4 is 20.4 Å². The Kier molecular flexibility index (Phi) is 22.4. The highest BCUT2D eigenvalue weighted by Gasteiger charge is 2.16. The number of ether oxygens (including phenoxy) is 6. The summed E-state index contributed by atoms with van der Waals surface area (Å²) in [7, 11) is 0. The van der Waals surface area contributed by atoms with Crippen LogP contribution in [0.2, 0.25) is 0 Å². The van der Waals surface area contributed by atoms with Gasteiger partial charge in [0.1, 0.15) is 74.4 Å². The number of likely N-dealkylation sites (N-methyl/N-ethyl adjacent to an activating group) is 2. The zero-order chi connectivity index (χ0) is 45.9. The monoisotopic (exact) mass is 860 g/mol. The van der Waals surface area contributed by atoms with Crippen LogP contribution in [0, 0.1) is 22.7 Å². The van der Waals surface area contributed by atoms with Gasteiger partial charge in [-0.15, -0.1) is 0 Å². The van der Waals surface area contributed by atoms with Crippen LogP contribution in [0.3, 0.4) is 0 Å². The van der Waals surface area contributed by atoms with Crippen molar-refractivity contribution in [2.45, 2.75) is 13.8 Å². The number of alkyl carbamates (subject to hydrolysis) is 2. The van der Waals surface area contributed by atoms with Gasteiger partial charge in [0.15, 0.2) is 0 Å². The summed E-state index contributed by atoms with van der Waals surface area (Å²) in [6, 6.07) is 12.6. The number of anilines is 2. The molecule has 0 aromatic heterocycles. The van der Waals surface area contributed by atoms with E-state index in [4.69, 9.17) is 28.4 Å². The van der Waals surface area contributed by atoms with Crippen molar-refractivity contribution in [1.82, 2.24) is 10.6 Å². The Labute approximate surface area is 357 Å². The Morgan fingerprint density at radius 1 is 0.613 bits per heavy atom. The van der Waals surface area contributed by atoms with E-state index >= 15 is 0 Å². The van der Waals surface area contributed by atoms with Crippen molar-refractivity contribution in [3.05, 3.63) is 84.0 Å². The van der Waals surface area contributed by atoms with Crippen molar-refractivity contribution in [2.75, 3.05) is 88.7 Å². The Morgan fingerprint density at radius 3 is 1.29 bits per heavy atom. The molecule has 62 heavy (non-hydrogen) atoms. The van der Waals surface area contributed by atoms with Crippen molar-refractivity contribution in [3.63, 3.8) is 0 Å². The molecule has 0 atom stereocenters. The molecule has 0 unspecified atom stereocenters. The van der Waals surface area contributed by atoms with Gasteiger partial charge in [-0.05, 0) is 50.3 Å². The predicted molar refractivity (Wildman–Crippen MR) is 222 cm³/mol. The Balaban J connectivity index is 1.75. The second-order valence-electron chi connectivity index (χ2n) is 12.1. The first-order valence-electron chi connectivity index (χ1n) is 18.9. The van der Waals surface area contributed by atoms with E-state index in [1.165, 1.54) is 24.3 Å². The van der Waals surface area contributed by atoms with Crippen LogP contribution in [-0.2, 0) is 47.6 Å². The average Bonchev–Trinajstić information content (AvgIpc) is 3.27. The Bertz CT molecular complexity index is 1920. The van der Waals surface area contributed by atoms with Crippen molar-refractivity contribution < 1.29 is 67.4 Å². The maximum atomic E-state index is 12.2. The fourth-order valence-corrected chi connectivity index (χ4v) is 5.01. The number of phenolic OH excluding ortho intramolecular Hbond substituents is 2. The van der Waals surface area contributed by atoms with Gasteiger partial charge >= 0.3 is 36.1 Å². The van der Waals surface area contributed by atoms with E-state index in [2.05, 4.69) is 23.8 Å². The highest BCUT2D eigenvalue weighted by atomic mass is 16.6. The molecular formula is C42H48N6O14. The summed E-state index contributed by atoms with van der Waals surface area (Å²) in [6.45, 7) is 10.7. The normalized spacial score (nSPS) is 10.7. The molecule has 0 aliphatic heterocycles. The fraction of sp³-hybridized carbons (Fsp3) is 0.333. The van der Waals surface area contributed by atoms with Gasteiger partial charge in [0.2, 0.25) is 0 Å². The molecule has 0 spiro atoms. The molecule has 0 aliphatic rings. The minimum Gasteiger partial charge on any atom is -0.507 e. The molecule has 0 saturated heterocycles. The first kappa shape index (κ1) is 50.1. The molecule has 4 N–H and O–H groups in total. The van der Waals surface area contributed by atoms with E-state index in [1.807, 2.05) is 23.6 Å². The van der Waals surface area contributed by atoms with Crippen molar-refractivity contribution in [1.29, 1.82) is 10.5 Å². The molecule has 2 amide bonds. The van der Waals surface area contributed by atoms with Crippen molar-refractivity contribution in [3.8, 4) is 23.6 Å². The lowest BCUT2D eigenvalue weighted by Gasteiger charge is -2.24. The number of aromatic hydroxyl groups is 2. The van der Waals surface area contributed by atoms with E-state index in [9.17, 15) is 49.5 Å². The van der Waals surface area contributed by atoms with Crippen LogP contribution in [-0.4, -0.2) is 125 Å². The second kappa shape index (κ2) is 27.6. The molecular weight excluding hydrogens is 812 g/mol. The lowest BCUT2D eigenvalue weighted by atomic mass is 10.1. The molecule has 20 heteroatoms. The minimum absolute atomic E-state index is 0.154. The van der Waals surface area contributed by atoms with Crippen LogP contribution in [0.5, 0.6) is 11.5 Å². The van der Waals surface area contributed by atoms with Gasteiger partial charge in [0, 0.05) is 86.1 Å². The van der Waals surface area contributed by atoms with Crippen LogP contribution in [0.1, 0.15) is 25.0 Å². The maximum absolute atomic E-state index is 12.2. The van der Waals surface area contributed by atoms with Crippen molar-refractivity contribution in [2.24, 2.45) is 0 Å². The molecule has 2 aromatic rings. The summed E-state index contributed by atoms with van der Waals surface area (Å²) >= 11 is 0. The minimum atomic E-state index is -0.967. The van der Waals surface area contributed by atoms with Crippen LogP contribution >= 0.6 is 0 Å². The van der Waals surface area contributed by atoms with Gasteiger partial charge in [0.05, 0.1) is 0 Å². The van der Waals surface area contributed by atoms with E-state index in [0.29, 0.717) is 37.6 Å². The summed E-state index contributed by atoms with van der Waals surface area (Å²) < 4.78 is 29.4. The zero-order valence-electron chi connectivity index (χ0n) is 34.3. The van der Waals surface area contributed by atoms with Crippen LogP contribution in [0.4, 0.5) is 21.0 Å². The van der Waals surface area contributed by atoms with Gasteiger partial charge in [0.25, 0.3) is 0 Å². The summed E-state index contributed by atoms with van der Waals surface area (Å²) in [5.41, 5.74) is 0.755. The molecule has 2 aromatic carbocycles. The number of nitriles is 2. The number of nitrogens with one attached hydrogen (secondary N) is 2.